The van der Waals surface area contributed by atoms with Gasteiger partial charge in [0.1, 0.15) is 5.52 Å². The highest BCUT2D eigenvalue weighted by molar-refractivity contribution is 5.96. The highest BCUT2D eigenvalue weighted by atomic mass is 16.7. The molecule has 0 saturated carbocycles. The van der Waals surface area contributed by atoms with Gasteiger partial charge in [0, 0.05) is 57.6 Å². The largest absolute Gasteiger partial charge is 0.481 e. The summed E-state index contributed by atoms with van der Waals surface area (Å²) in [4.78, 5) is 38.2. The number of nitrogens with one attached hydrogen (secondary N) is 1. The molecule has 10 nitrogen and oxygen atoms in total. The number of nitrogens with zero attached hydrogens (tertiary/aromatic N) is 6. The molecular weight excluding hydrogens is 434 g/mol. The molecule has 34 heavy (non-hydrogen) atoms. The Morgan fingerprint density at radius 3 is 2.62 bits per heavy atom. The van der Waals surface area contributed by atoms with Crippen LogP contribution in [0.3, 0.4) is 0 Å². The summed E-state index contributed by atoms with van der Waals surface area (Å²) in [5, 5.41) is 4.45. The first-order valence-electron chi connectivity index (χ1n) is 11.1. The van der Waals surface area contributed by atoms with Crippen LogP contribution in [0, 0.1) is 0 Å². The van der Waals surface area contributed by atoms with Crippen LogP contribution in [0.5, 0.6) is 5.88 Å². The van der Waals surface area contributed by atoms with E-state index in [9.17, 15) is 4.79 Å². The molecule has 1 aliphatic rings. The second-order valence-corrected chi connectivity index (χ2v) is 7.95. The minimum atomic E-state index is -0.558. The molecule has 0 bridgehead atoms. The van der Waals surface area contributed by atoms with Crippen LogP contribution in [0.2, 0.25) is 0 Å². The topological polar surface area (TPSA) is 106 Å². The van der Waals surface area contributed by atoms with Crippen molar-refractivity contribution < 1.29 is 14.4 Å². The first-order chi connectivity index (χ1) is 16.7. The van der Waals surface area contributed by atoms with Crippen molar-refractivity contribution in [2.75, 3.05) is 45.2 Å². The van der Waals surface area contributed by atoms with Gasteiger partial charge in [0.2, 0.25) is 5.88 Å². The van der Waals surface area contributed by atoms with Gasteiger partial charge in [-0.25, -0.2) is 14.8 Å². The highest BCUT2D eigenvalue weighted by Gasteiger charge is 2.21. The molecule has 0 spiro atoms. The normalized spacial score (nSPS) is 14.9. The second kappa shape index (κ2) is 9.94. The molecule has 1 aromatic carbocycles. The SMILES string of the molecule is COc1ccc2nccc(NC(=O)ON3CCN(CCc4cnc5ccccc5n4)CC3)c2n1. The Bertz CT molecular complexity index is 1310. The van der Waals surface area contributed by atoms with E-state index in [2.05, 4.69) is 25.2 Å². The van der Waals surface area contributed by atoms with E-state index in [1.165, 1.54) is 0 Å². The van der Waals surface area contributed by atoms with E-state index in [1.54, 1.807) is 36.6 Å². The zero-order valence-corrected chi connectivity index (χ0v) is 18.8. The lowest BCUT2D eigenvalue weighted by Crippen LogP contribution is -2.47. The van der Waals surface area contributed by atoms with Crippen LogP contribution in [0.15, 0.2) is 54.9 Å². The van der Waals surface area contributed by atoms with Gasteiger partial charge in [-0.2, -0.15) is 0 Å². The number of methoxy groups -OCH3 is 1. The molecule has 1 N–H and O–H groups in total. The fourth-order valence-corrected chi connectivity index (χ4v) is 3.90. The number of hydrogen-bond donors (Lipinski definition) is 1. The number of fused-ring (bicyclic) bond motifs is 2. The maximum Gasteiger partial charge on any atom is 0.430 e. The van der Waals surface area contributed by atoms with E-state index in [1.807, 2.05) is 30.5 Å². The fraction of sp³-hybridized carbons (Fsp3) is 0.292. The zero-order chi connectivity index (χ0) is 23.3. The van der Waals surface area contributed by atoms with Gasteiger partial charge in [-0.15, -0.1) is 5.06 Å². The summed E-state index contributed by atoms with van der Waals surface area (Å²) < 4.78 is 5.18. The monoisotopic (exact) mass is 459 g/mol. The second-order valence-electron chi connectivity index (χ2n) is 7.95. The van der Waals surface area contributed by atoms with Crippen LogP contribution in [0.1, 0.15) is 5.69 Å². The number of carbonyl (C=O) groups excluding carboxylic acids is 1. The van der Waals surface area contributed by atoms with E-state index < -0.39 is 6.09 Å². The van der Waals surface area contributed by atoms with Gasteiger partial charge in [0.15, 0.2) is 0 Å². The van der Waals surface area contributed by atoms with Gasteiger partial charge >= 0.3 is 6.09 Å². The summed E-state index contributed by atoms with van der Waals surface area (Å²) in [6.45, 7) is 3.72. The summed E-state index contributed by atoms with van der Waals surface area (Å²) in [5.74, 6) is 0.447. The Labute approximate surface area is 196 Å². The van der Waals surface area contributed by atoms with Gasteiger partial charge in [0.25, 0.3) is 0 Å². The van der Waals surface area contributed by atoms with E-state index in [0.29, 0.717) is 35.7 Å². The predicted molar refractivity (Wildman–Crippen MR) is 127 cm³/mol. The number of ether oxygens (including phenoxy) is 1. The first kappa shape index (κ1) is 21.9. The summed E-state index contributed by atoms with van der Waals surface area (Å²) >= 11 is 0. The van der Waals surface area contributed by atoms with Crippen molar-refractivity contribution in [1.29, 1.82) is 0 Å². The van der Waals surface area contributed by atoms with E-state index >= 15 is 0 Å². The molecule has 4 heterocycles. The predicted octanol–water partition coefficient (Wildman–Crippen LogP) is 2.91. The average Bonchev–Trinajstić information content (AvgIpc) is 2.88. The lowest BCUT2D eigenvalue weighted by Gasteiger charge is -2.33. The summed E-state index contributed by atoms with van der Waals surface area (Å²) in [5.41, 5.74) is 4.52. The van der Waals surface area contributed by atoms with Crippen LogP contribution in [0.4, 0.5) is 10.5 Å². The smallest absolute Gasteiger partial charge is 0.430 e. The standard InChI is InChI=1S/C24H25N7O3/c1-33-22-7-6-20-23(29-22)21(8-10-25-20)28-24(32)34-31-14-12-30(13-15-31)11-9-17-16-26-18-4-2-3-5-19(18)27-17/h2-8,10,16H,9,11-15H2,1H3,(H,25,28,32). The molecule has 0 unspecified atom stereocenters. The Kier molecular flexibility index (Phi) is 6.41. The molecule has 0 atom stereocenters. The van der Waals surface area contributed by atoms with Crippen molar-refractivity contribution in [3.8, 4) is 5.88 Å². The number of aromatic nitrogens is 4. The summed E-state index contributed by atoms with van der Waals surface area (Å²) in [6.07, 6.45) is 3.73. The van der Waals surface area contributed by atoms with Gasteiger partial charge in [-0.1, -0.05) is 12.1 Å². The molecule has 0 aliphatic carbocycles. The molecule has 10 heteroatoms. The molecule has 1 aliphatic heterocycles. The lowest BCUT2D eigenvalue weighted by atomic mass is 10.2. The summed E-state index contributed by atoms with van der Waals surface area (Å²) in [7, 11) is 1.54. The molecule has 4 aromatic rings. The van der Waals surface area contributed by atoms with E-state index in [-0.39, 0.29) is 0 Å². The minimum absolute atomic E-state index is 0.447. The van der Waals surface area contributed by atoms with Crippen molar-refractivity contribution in [3.63, 3.8) is 0 Å². The van der Waals surface area contributed by atoms with E-state index in [4.69, 9.17) is 14.6 Å². The molecule has 0 radical (unpaired) electrons. The lowest BCUT2D eigenvalue weighted by molar-refractivity contribution is -0.118. The Hall–Kier alpha value is -3.89. The number of carbonyl (C=O) groups is 1. The maximum absolute atomic E-state index is 12.5. The third-order valence-corrected chi connectivity index (χ3v) is 5.73. The molecule has 174 valence electrons. The Morgan fingerprint density at radius 2 is 1.79 bits per heavy atom. The molecule has 5 rings (SSSR count). The van der Waals surface area contributed by atoms with Gasteiger partial charge in [-0.3, -0.25) is 15.3 Å². The number of para-hydroxylation sites is 2. The number of hydrogen-bond acceptors (Lipinski definition) is 9. The van der Waals surface area contributed by atoms with Gasteiger partial charge in [0.05, 0.1) is 35.0 Å². The van der Waals surface area contributed by atoms with Gasteiger partial charge < -0.3 is 14.5 Å². The summed E-state index contributed by atoms with van der Waals surface area (Å²) in [6, 6.07) is 13.1. The van der Waals surface area contributed by atoms with Crippen LogP contribution in [-0.4, -0.2) is 75.8 Å². The fourth-order valence-electron chi connectivity index (χ4n) is 3.90. The number of anilines is 1. The number of amides is 1. The molecule has 1 amide bonds. The van der Waals surface area contributed by atoms with Gasteiger partial charge in [-0.05, 0) is 24.3 Å². The zero-order valence-electron chi connectivity index (χ0n) is 18.8. The van der Waals surface area contributed by atoms with Crippen molar-refractivity contribution in [2.24, 2.45) is 0 Å². The first-order valence-corrected chi connectivity index (χ1v) is 11.1. The third-order valence-electron chi connectivity index (χ3n) is 5.73. The van der Waals surface area contributed by atoms with E-state index in [0.717, 1.165) is 42.8 Å². The van der Waals surface area contributed by atoms with Crippen LogP contribution < -0.4 is 10.1 Å². The Balaban J connectivity index is 1.11. The number of piperazine rings is 1. The number of benzene rings is 1. The average molecular weight is 460 g/mol. The van der Waals surface area contributed by atoms with Crippen LogP contribution in [0.25, 0.3) is 22.1 Å². The molecule has 1 saturated heterocycles. The van der Waals surface area contributed by atoms with Crippen LogP contribution >= 0.6 is 0 Å². The van der Waals surface area contributed by atoms with Crippen molar-refractivity contribution >= 4 is 33.8 Å². The number of hydroxylamine groups is 2. The minimum Gasteiger partial charge on any atom is -0.481 e. The quantitative estimate of drug-likeness (QED) is 0.466. The van der Waals surface area contributed by atoms with Crippen molar-refractivity contribution in [2.45, 2.75) is 6.42 Å². The Morgan fingerprint density at radius 1 is 0.971 bits per heavy atom. The maximum atomic E-state index is 12.5. The molecule has 1 fully saturated rings. The number of rotatable bonds is 6. The molecular formula is C24H25N7O3. The third kappa shape index (κ3) is 5.03. The number of pyridine rings is 2. The van der Waals surface area contributed by atoms with Crippen molar-refractivity contribution in [1.82, 2.24) is 29.9 Å². The molecule has 3 aromatic heterocycles. The van der Waals surface area contributed by atoms with Crippen LogP contribution in [-0.2, 0) is 11.3 Å². The highest BCUT2D eigenvalue weighted by Crippen LogP contribution is 2.22. The van der Waals surface area contributed by atoms with Crippen molar-refractivity contribution in [3.05, 3.63) is 60.6 Å².